The topological polar surface area (TPSA) is 55.1 Å². The number of nitrogens with zero attached hydrogens (tertiary/aromatic N) is 2. The van der Waals surface area contributed by atoms with Crippen molar-refractivity contribution in [2.75, 3.05) is 0 Å². The van der Waals surface area contributed by atoms with Gasteiger partial charge in [-0.1, -0.05) is 72.3 Å². The van der Waals surface area contributed by atoms with E-state index < -0.39 is 5.69 Å². The van der Waals surface area contributed by atoms with Crippen LogP contribution in [0.4, 0.5) is 0 Å². The summed E-state index contributed by atoms with van der Waals surface area (Å²) in [5.74, 6) is 0.00482. The lowest BCUT2D eigenvalue weighted by molar-refractivity contribution is 0.515. The summed E-state index contributed by atoms with van der Waals surface area (Å²) in [7, 11) is 0. The second-order valence-corrected chi connectivity index (χ2v) is 5.67. The number of hydrogen-bond acceptors (Lipinski definition) is 3. The molecular formula is C19H15ClN2O2. The minimum Gasteiger partial charge on any atom is -0.507 e. The smallest absolute Gasteiger partial charge is 0.348 e. The van der Waals surface area contributed by atoms with E-state index in [0.717, 1.165) is 5.56 Å². The number of benzene rings is 2. The number of aliphatic hydroxyl groups excluding tert-OH is 1. The molecule has 5 heteroatoms. The van der Waals surface area contributed by atoms with Crippen LogP contribution < -0.4 is 5.69 Å². The molecule has 3 rings (SSSR count). The van der Waals surface area contributed by atoms with E-state index in [9.17, 15) is 9.90 Å². The van der Waals surface area contributed by atoms with Crippen molar-refractivity contribution in [3.05, 3.63) is 99.2 Å². The van der Waals surface area contributed by atoms with Gasteiger partial charge in [0.15, 0.2) is 0 Å². The van der Waals surface area contributed by atoms with Gasteiger partial charge in [-0.3, -0.25) is 4.57 Å². The summed E-state index contributed by atoms with van der Waals surface area (Å²) in [5, 5.41) is 10.4. The molecule has 0 saturated carbocycles. The van der Waals surface area contributed by atoms with Gasteiger partial charge in [0, 0.05) is 17.8 Å². The van der Waals surface area contributed by atoms with E-state index in [1.165, 1.54) is 16.8 Å². The Bertz CT molecular complexity index is 919. The van der Waals surface area contributed by atoms with Gasteiger partial charge in [-0.2, -0.15) is 4.98 Å². The fourth-order valence-corrected chi connectivity index (χ4v) is 2.51. The molecule has 120 valence electrons. The van der Waals surface area contributed by atoms with E-state index in [2.05, 4.69) is 4.98 Å². The number of aromatic nitrogens is 2. The number of halogens is 1. The van der Waals surface area contributed by atoms with Gasteiger partial charge in [-0.15, -0.1) is 0 Å². The predicted octanol–water partition coefficient (Wildman–Crippen LogP) is 4.00. The summed E-state index contributed by atoms with van der Waals surface area (Å²) < 4.78 is 1.44. The molecule has 3 aromatic rings. The summed E-state index contributed by atoms with van der Waals surface area (Å²) in [5.41, 5.74) is 1.43. The quantitative estimate of drug-likeness (QED) is 0.731. The zero-order chi connectivity index (χ0) is 16.9. The first-order valence-electron chi connectivity index (χ1n) is 7.40. The van der Waals surface area contributed by atoms with Crippen LogP contribution in [0.25, 0.3) is 11.8 Å². The van der Waals surface area contributed by atoms with Crippen molar-refractivity contribution in [1.29, 1.82) is 0 Å². The number of rotatable bonds is 4. The summed E-state index contributed by atoms with van der Waals surface area (Å²) in [6.07, 6.45) is 2.93. The van der Waals surface area contributed by atoms with E-state index in [-0.39, 0.29) is 11.5 Å². The number of aliphatic hydroxyl groups is 1. The monoisotopic (exact) mass is 338 g/mol. The van der Waals surface area contributed by atoms with E-state index in [1.54, 1.807) is 12.1 Å². The van der Waals surface area contributed by atoms with Crippen molar-refractivity contribution in [3.8, 4) is 0 Å². The average molecular weight is 339 g/mol. The fourth-order valence-electron chi connectivity index (χ4n) is 2.30. The van der Waals surface area contributed by atoms with Gasteiger partial charge < -0.3 is 5.11 Å². The summed E-state index contributed by atoms with van der Waals surface area (Å²) in [6, 6.07) is 18.6. The van der Waals surface area contributed by atoms with Crippen LogP contribution in [-0.2, 0) is 6.54 Å². The summed E-state index contributed by atoms with van der Waals surface area (Å²) >= 11 is 6.22. The maximum Gasteiger partial charge on any atom is 0.348 e. The van der Waals surface area contributed by atoms with Crippen LogP contribution in [-0.4, -0.2) is 14.7 Å². The Kier molecular flexibility index (Phi) is 4.77. The maximum atomic E-state index is 12.2. The molecule has 1 N–H and O–H groups in total. The Labute approximate surface area is 144 Å². The van der Waals surface area contributed by atoms with Gasteiger partial charge in [0.05, 0.1) is 17.3 Å². The molecule has 0 bridgehead atoms. The highest BCUT2D eigenvalue weighted by atomic mass is 35.5. The molecule has 0 aliphatic carbocycles. The largest absolute Gasteiger partial charge is 0.507 e. The highest BCUT2D eigenvalue weighted by Crippen LogP contribution is 2.19. The van der Waals surface area contributed by atoms with Crippen LogP contribution in [0.5, 0.6) is 0 Å². The van der Waals surface area contributed by atoms with Gasteiger partial charge in [-0.25, -0.2) is 4.79 Å². The molecule has 0 spiro atoms. The third kappa shape index (κ3) is 3.73. The Morgan fingerprint density at radius 1 is 1.08 bits per heavy atom. The van der Waals surface area contributed by atoms with Gasteiger partial charge in [0.2, 0.25) is 0 Å². The van der Waals surface area contributed by atoms with Crippen molar-refractivity contribution in [1.82, 2.24) is 9.55 Å². The van der Waals surface area contributed by atoms with E-state index in [1.807, 2.05) is 48.5 Å². The van der Waals surface area contributed by atoms with Gasteiger partial charge in [0.25, 0.3) is 0 Å². The minimum absolute atomic E-state index is 0.00482. The Morgan fingerprint density at radius 2 is 1.71 bits per heavy atom. The van der Waals surface area contributed by atoms with Crippen molar-refractivity contribution in [3.63, 3.8) is 0 Å². The first-order chi connectivity index (χ1) is 11.6. The van der Waals surface area contributed by atoms with Crippen LogP contribution in [0.3, 0.4) is 0 Å². The van der Waals surface area contributed by atoms with Gasteiger partial charge >= 0.3 is 5.69 Å². The van der Waals surface area contributed by atoms with Crippen LogP contribution in [0.2, 0.25) is 5.02 Å². The van der Waals surface area contributed by atoms with Crippen molar-refractivity contribution in [2.24, 2.45) is 0 Å². The number of hydrogen-bond donors (Lipinski definition) is 1. The molecule has 0 aliphatic rings. The summed E-state index contributed by atoms with van der Waals surface area (Å²) in [6.45, 7) is 0.390. The molecular weight excluding hydrogens is 324 g/mol. The third-order valence-electron chi connectivity index (χ3n) is 3.51. The Morgan fingerprint density at radius 3 is 2.38 bits per heavy atom. The van der Waals surface area contributed by atoms with Crippen molar-refractivity contribution >= 4 is 23.4 Å². The second-order valence-electron chi connectivity index (χ2n) is 5.27. The van der Waals surface area contributed by atoms with Gasteiger partial charge in [0.1, 0.15) is 5.76 Å². The molecule has 0 fully saturated rings. The summed E-state index contributed by atoms with van der Waals surface area (Å²) in [4.78, 5) is 16.2. The molecule has 2 aromatic carbocycles. The maximum absolute atomic E-state index is 12.2. The van der Waals surface area contributed by atoms with Gasteiger partial charge in [-0.05, 0) is 5.56 Å². The van der Waals surface area contributed by atoms with E-state index in [4.69, 9.17) is 11.6 Å². The molecule has 24 heavy (non-hydrogen) atoms. The molecule has 1 heterocycles. The zero-order valence-electron chi connectivity index (χ0n) is 12.8. The third-order valence-corrected chi connectivity index (χ3v) is 3.81. The Balaban J connectivity index is 1.92. The average Bonchev–Trinajstić information content (AvgIpc) is 2.61. The van der Waals surface area contributed by atoms with Crippen molar-refractivity contribution in [2.45, 2.75) is 6.54 Å². The zero-order valence-corrected chi connectivity index (χ0v) is 13.5. The SMILES string of the molecule is O=c1nc(C=C(O)c2ccccc2)c(Cl)cn1Cc1ccccc1. The van der Waals surface area contributed by atoms with Crippen LogP contribution in [0, 0.1) is 0 Å². The van der Waals surface area contributed by atoms with Crippen LogP contribution in [0.1, 0.15) is 16.8 Å². The molecule has 0 atom stereocenters. The van der Waals surface area contributed by atoms with Crippen molar-refractivity contribution < 1.29 is 5.11 Å². The highest BCUT2D eigenvalue weighted by Gasteiger charge is 2.08. The molecule has 0 saturated heterocycles. The van der Waals surface area contributed by atoms with Crippen LogP contribution in [0.15, 0.2) is 71.7 Å². The normalized spacial score (nSPS) is 11.5. The molecule has 0 aliphatic heterocycles. The lowest BCUT2D eigenvalue weighted by atomic mass is 10.1. The Hall–Kier alpha value is -2.85. The van der Waals surface area contributed by atoms with E-state index in [0.29, 0.717) is 17.1 Å². The first kappa shape index (κ1) is 16.0. The van der Waals surface area contributed by atoms with Crippen LogP contribution >= 0.6 is 11.6 Å². The van der Waals surface area contributed by atoms with E-state index >= 15 is 0 Å². The molecule has 0 amide bonds. The lowest BCUT2D eigenvalue weighted by Crippen LogP contribution is -2.23. The predicted molar refractivity (Wildman–Crippen MR) is 96.0 cm³/mol. The molecule has 0 radical (unpaired) electrons. The molecule has 4 nitrogen and oxygen atoms in total. The first-order valence-corrected chi connectivity index (χ1v) is 7.78. The minimum atomic E-state index is -0.421. The molecule has 1 aromatic heterocycles. The fraction of sp³-hybridized carbons (Fsp3) is 0.0526. The second kappa shape index (κ2) is 7.15. The highest BCUT2D eigenvalue weighted by molar-refractivity contribution is 6.31. The lowest BCUT2D eigenvalue weighted by Gasteiger charge is -2.07. The molecule has 0 unspecified atom stereocenters. The standard InChI is InChI=1S/C19H15ClN2O2/c20-16-13-22(12-14-7-3-1-4-8-14)19(24)21-17(16)11-18(23)15-9-5-2-6-10-15/h1-11,13,23H,12H2.